The molecule has 0 aliphatic carbocycles. The molecule has 1 aromatic carbocycles. The molecule has 1 N–H and O–H groups in total. The second-order valence-electron chi connectivity index (χ2n) is 5.74. The molecule has 132 valence electrons. The highest BCUT2D eigenvalue weighted by molar-refractivity contribution is 6.29. The molecule has 1 saturated heterocycles. The van der Waals surface area contributed by atoms with Gasteiger partial charge in [0.25, 0.3) is 0 Å². The number of nitrogens with zero attached hydrogens (tertiary/aromatic N) is 3. The number of carbonyl (C=O) groups excluding carboxylic acids is 1. The zero-order valence-corrected chi connectivity index (χ0v) is 13.7. The summed E-state index contributed by atoms with van der Waals surface area (Å²) in [5.74, 6) is -4.46. The van der Waals surface area contributed by atoms with Crippen LogP contribution in [0, 0.1) is 23.4 Å². The van der Waals surface area contributed by atoms with Gasteiger partial charge in [-0.25, -0.2) is 13.2 Å². The van der Waals surface area contributed by atoms with Crippen LogP contribution in [0.15, 0.2) is 24.3 Å². The molecule has 1 atom stereocenters. The Bertz CT molecular complexity index is 764. The molecule has 1 aliphatic heterocycles. The Balaban J connectivity index is 1.69. The summed E-state index contributed by atoms with van der Waals surface area (Å²) in [5, 5.41) is 10.5. The van der Waals surface area contributed by atoms with Crippen LogP contribution in [0.3, 0.4) is 0 Å². The highest BCUT2D eigenvalue weighted by Crippen LogP contribution is 2.24. The van der Waals surface area contributed by atoms with Crippen molar-refractivity contribution >= 4 is 29.0 Å². The van der Waals surface area contributed by atoms with E-state index in [0.717, 1.165) is 18.6 Å². The Labute approximate surface area is 146 Å². The summed E-state index contributed by atoms with van der Waals surface area (Å²) in [6, 6.07) is 4.82. The van der Waals surface area contributed by atoms with Gasteiger partial charge in [-0.1, -0.05) is 11.6 Å². The van der Waals surface area contributed by atoms with Crippen LogP contribution in [-0.2, 0) is 4.79 Å². The minimum atomic E-state index is -1.57. The fourth-order valence-electron chi connectivity index (χ4n) is 2.75. The van der Waals surface area contributed by atoms with E-state index in [-0.39, 0.29) is 10.8 Å². The number of halogens is 4. The van der Waals surface area contributed by atoms with Gasteiger partial charge in [0.05, 0.1) is 5.92 Å². The van der Waals surface area contributed by atoms with Crippen molar-refractivity contribution in [3.63, 3.8) is 0 Å². The summed E-state index contributed by atoms with van der Waals surface area (Å²) in [5.41, 5.74) is -0.121. The number of rotatable bonds is 3. The van der Waals surface area contributed by atoms with Crippen molar-refractivity contribution in [2.24, 2.45) is 5.92 Å². The van der Waals surface area contributed by atoms with Crippen molar-refractivity contribution in [1.29, 1.82) is 0 Å². The summed E-state index contributed by atoms with van der Waals surface area (Å²) >= 11 is 5.71. The molecular formula is C16H14ClF3N4O. The van der Waals surface area contributed by atoms with Gasteiger partial charge in [-0.15, -0.1) is 10.2 Å². The third-order valence-corrected chi connectivity index (χ3v) is 4.19. The first kappa shape index (κ1) is 17.5. The number of hydrogen-bond donors (Lipinski definition) is 1. The number of carbonyl (C=O) groups is 1. The monoisotopic (exact) mass is 370 g/mol. The standard InChI is InChI=1S/C16H14ClF3N4O/c17-13-3-4-14(23-22-13)24-5-1-2-9(8-24)16(25)21-10-6-11(18)15(20)12(19)7-10/h3-4,6-7,9H,1-2,5,8H2,(H,21,25)/t9-/m1/s1. The fourth-order valence-corrected chi connectivity index (χ4v) is 2.85. The van der Waals surface area contributed by atoms with E-state index in [0.29, 0.717) is 25.3 Å². The van der Waals surface area contributed by atoms with Crippen molar-refractivity contribution < 1.29 is 18.0 Å². The van der Waals surface area contributed by atoms with Gasteiger partial charge in [0.15, 0.2) is 28.4 Å². The summed E-state index contributed by atoms with van der Waals surface area (Å²) in [7, 11) is 0. The zero-order valence-electron chi connectivity index (χ0n) is 13.0. The van der Waals surface area contributed by atoms with Crippen LogP contribution in [0.5, 0.6) is 0 Å². The number of nitrogens with one attached hydrogen (secondary N) is 1. The first-order chi connectivity index (χ1) is 11.9. The summed E-state index contributed by atoms with van der Waals surface area (Å²) in [6.07, 6.45) is 1.37. The molecule has 0 bridgehead atoms. The molecule has 0 spiro atoms. The molecule has 0 radical (unpaired) electrons. The molecule has 0 unspecified atom stereocenters. The minimum Gasteiger partial charge on any atom is -0.354 e. The average molecular weight is 371 g/mol. The van der Waals surface area contributed by atoms with Gasteiger partial charge in [-0.2, -0.15) is 0 Å². The van der Waals surface area contributed by atoms with E-state index in [1.54, 1.807) is 12.1 Å². The van der Waals surface area contributed by atoms with E-state index in [1.165, 1.54) is 0 Å². The largest absolute Gasteiger partial charge is 0.354 e. The van der Waals surface area contributed by atoms with Crippen molar-refractivity contribution in [3.8, 4) is 0 Å². The lowest BCUT2D eigenvalue weighted by molar-refractivity contribution is -0.120. The first-order valence-corrected chi connectivity index (χ1v) is 8.01. The SMILES string of the molecule is O=C(Nc1cc(F)c(F)c(F)c1)[C@@H]1CCCN(c2ccc(Cl)nn2)C1. The molecule has 1 aromatic heterocycles. The fraction of sp³-hybridized carbons (Fsp3) is 0.312. The van der Waals surface area contributed by atoms with Crippen LogP contribution < -0.4 is 10.2 Å². The van der Waals surface area contributed by atoms with Gasteiger partial charge >= 0.3 is 0 Å². The first-order valence-electron chi connectivity index (χ1n) is 7.63. The van der Waals surface area contributed by atoms with Crippen molar-refractivity contribution in [1.82, 2.24) is 10.2 Å². The van der Waals surface area contributed by atoms with E-state index in [9.17, 15) is 18.0 Å². The molecule has 3 rings (SSSR count). The van der Waals surface area contributed by atoms with Crippen LogP contribution in [0.1, 0.15) is 12.8 Å². The molecular weight excluding hydrogens is 357 g/mol. The van der Waals surface area contributed by atoms with Crippen LogP contribution in [0.2, 0.25) is 5.15 Å². The lowest BCUT2D eigenvalue weighted by Crippen LogP contribution is -2.41. The molecule has 1 aliphatic rings. The Kier molecular flexibility index (Phi) is 5.08. The molecule has 5 nitrogen and oxygen atoms in total. The van der Waals surface area contributed by atoms with Crippen LogP contribution in [0.4, 0.5) is 24.7 Å². The van der Waals surface area contributed by atoms with Crippen LogP contribution in [-0.4, -0.2) is 29.2 Å². The number of benzene rings is 1. The van der Waals surface area contributed by atoms with E-state index < -0.39 is 29.3 Å². The molecule has 0 saturated carbocycles. The van der Waals surface area contributed by atoms with E-state index in [1.807, 2.05) is 4.90 Å². The summed E-state index contributed by atoms with van der Waals surface area (Å²) in [6.45, 7) is 1.09. The summed E-state index contributed by atoms with van der Waals surface area (Å²) < 4.78 is 39.5. The van der Waals surface area contributed by atoms with Crippen molar-refractivity contribution in [2.75, 3.05) is 23.3 Å². The smallest absolute Gasteiger partial charge is 0.229 e. The maximum absolute atomic E-state index is 13.2. The van der Waals surface area contributed by atoms with E-state index >= 15 is 0 Å². The van der Waals surface area contributed by atoms with Crippen molar-refractivity contribution in [3.05, 3.63) is 46.9 Å². The third kappa shape index (κ3) is 4.01. The molecule has 25 heavy (non-hydrogen) atoms. The quantitative estimate of drug-likeness (QED) is 0.841. The number of hydrogen-bond acceptors (Lipinski definition) is 4. The molecule has 9 heteroatoms. The van der Waals surface area contributed by atoms with Gasteiger partial charge in [0.2, 0.25) is 5.91 Å². The molecule has 2 heterocycles. The van der Waals surface area contributed by atoms with Gasteiger partial charge in [0, 0.05) is 30.9 Å². The molecule has 1 amide bonds. The van der Waals surface area contributed by atoms with E-state index in [2.05, 4.69) is 15.5 Å². The highest BCUT2D eigenvalue weighted by Gasteiger charge is 2.27. The number of anilines is 2. The molecule has 1 fully saturated rings. The normalized spacial score (nSPS) is 17.4. The number of aromatic nitrogens is 2. The second-order valence-corrected chi connectivity index (χ2v) is 6.13. The van der Waals surface area contributed by atoms with Gasteiger partial charge in [-0.3, -0.25) is 4.79 Å². The zero-order chi connectivity index (χ0) is 18.0. The minimum absolute atomic E-state index is 0.121. The molecule has 2 aromatic rings. The second kappa shape index (κ2) is 7.26. The van der Waals surface area contributed by atoms with Crippen LogP contribution >= 0.6 is 11.6 Å². The topological polar surface area (TPSA) is 58.1 Å². The third-order valence-electron chi connectivity index (χ3n) is 3.99. The highest BCUT2D eigenvalue weighted by atomic mass is 35.5. The van der Waals surface area contributed by atoms with Gasteiger partial charge in [0.1, 0.15) is 0 Å². The summed E-state index contributed by atoms with van der Waals surface area (Å²) in [4.78, 5) is 14.3. The Morgan fingerprint density at radius 2 is 1.92 bits per heavy atom. The lowest BCUT2D eigenvalue weighted by Gasteiger charge is -2.32. The average Bonchev–Trinajstić information content (AvgIpc) is 2.60. The van der Waals surface area contributed by atoms with Crippen LogP contribution in [0.25, 0.3) is 0 Å². The number of amides is 1. The number of piperidine rings is 1. The predicted octanol–water partition coefficient (Wildman–Crippen LogP) is 3.40. The Hall–Kier alpha value is -2.35. The Morgan fingerprint density at radius 3 is 2.56 bits per heavy atom. The maximum atomic E-state index is 13.2. The van der Waals surface area contributed by atoms with E-state index in [4.69, 9.17) is 11.6 Å². The van der Waals surface area contributed by atoms with Gasteiger partial charge in [-0.05, 0) is 25.0 Å². The lowest BCUT2D eigenvalue weighted by atomic mass is 9.97. The van der Waals surface area contributed by atoms with Crippen molar-refractivity contribution in [2.45, 2.75) is 12.8 Å². The van der Waals surface area contributed by atoms with Gasteiger partial charge < -0.3 is 10.2 Å². The Morgan fingerprint density at radius 1 is 1.20 bits per heavy atom. The maximum Gasteiger partial charge on any atom is 0.229 e. The predicted molar refractivity (Wildman–Crippen MR) is 86.9 cm³/mol.